The number of sulfonamides is 1. The van der Waals surface area contributed by atoms with Crippen LogP contribution in [0, 0.1) is 5.82 Å². The van der Waals surface area contributed by atoms with Gasteiger partial charge in [0.15, 0.2) is 0 Å². The van der Waals surface area contributed by atoms with Crippen LogP contribution < -0.4 is 5.14 Å². The molecule has 0 saturated heterocycles. The van der Waals surface area contributed by atoms with Crippen LogP contribution in [0.4, 0.5) is 4.39 Å². The number of halogens is 2. The highest BCUT2D eigenvalue weighted by atomic mass is 35.5. The lowest BCUT2D eigenvalue weighted by atomic mass is 10.2. The predicted molar refractivity (Wildman–Crippen MR) is 78.7 cm³/mol. The van der Waals surface area contributed by atoms with Gasteiger partial charge in [-0.3, -0.25) is 0 Å². The van der Waals surface area contributed by atoms with Gasteiger partial charge in [-0.15, -0.1) is 0 Å². The number of nitrogens with zero attached hydrogens (tertiary/aromatic N) is 2. The molecule has 0 bridgehead atoms. The highest BCUT2D eigenvalue weighted by molar-refractivity contribution is 7.89. The standard InChI is InChI=1S/C13H15ClFN3O2S/c1-3-10-13(21(16,19)20)11(4-2)18(17-10)12-8(14)6-5-7-9(12)15/h5-7H,3-4H2,1-2H3,(H2,16,19,20). The van der Waals surface area contributed by atoms with Gasteiger partial charge in [0.2, 0.25) is 10.0 Å². The number of aryl methyl sites for hydroxylation is 1. The predicted octanol–water partition coefficient (Wildman–Crippen LogP) is 2.44. The summed E-state index contributed by atoms with van der Waals surface area (Å²) >= 11 is 6.03. The van der Waals surface area contributed by atoms with Crippen molar-refractivity contribution in [2.24, 2.45) is 5.14 Å². The van der Waals surface area contributed by atoms with Gasteiger partial charge in [-0.1, -0.05) is 31.5 Å². The van der Waals surface area contributed by atoms with Crippen molar-refractivity contribution in [2.75, 3.05) is 0 Å². The Hall–Kier alpha value is -1.44. The zero-order chi connectivity index (χ0) is 15.8. The molecule has 0 atom stereocenters. The molecule has 1 aromatic carbocycles. The van der Waals surface area contributed by atoms with E-state index in [4.69, 9.17) is 16.7 Å². The monoisotopic (exact) mass is 331 g/mol. The number of nitrogens with two attached hydrogens (primary N) is 1. The number of hydrogen-bond acceptors (Lipinski definition) is 3. The van der Waals surface area contributed by atoms with Crippen molar-refractivity contribution >= 4 is 21.6 Å². The normalized spacial score (nSPS) is 11.9. The van der Waals surface area contributed by atoms with Gasteiger partial charge in [0.25, 0.3) is 0 Å². The fourth-order valence-electron chi connectivity index (χ4n) is 2.24. The maximum atomic E-state index is 14.1. The summed E-state index contributed by atoms with van der Waals surface area (Å²) in [5.74, 6) is -0.580. The minimum atomic E-state index is -3.95. The van der Waals surface area contributed by atoms with Gasteiger partial charge >= 0.3 is 0 Å². The molecular weight excluding hydrogens is 317 g/mol. The molecule has 0 fully saturated rings. The van der Waals surface area contributed by atoms with E-state index in [-0.39, 0.29) is 15.6 Å². The van der Waals surface area contributed by atoms with Gasteiger partial charge in [-0.05, 0) is 25.0 Å². The molecule has 0 spiro atoms. The summed E-state index contributed by atoms with van der Waals surface area (Å²) in [4.78, 5) is -0.0492. The third kappa shape index (κ3) is 2.81. The second kappa shape index (κ2) is 5.75. The first-order valence-corrected chi connectivity index (χ1v) is 8.31. The summed E-state index contributed by atoms with van der Waals surface area (Å²) in [5.41, 5.74) is 0.649. The molecule has 0 aliphatic carbocycles. The zero-order valence-corrected chi connectivity index (χ0v) is 13.2. The molecular formula is C13H15ClFN3O2S. The van der Waals surface area contributed by atoms with Gasteiger partial charge in [-0.2, -0.15) is 5.10 Å². The molecule has 1 heterocycles. The van der Waals surface area contributed by atoms with Gasteiger partial charge in [0, 0.05) is 0 Å². The Balaban J connectivity index is 2.86. The van der Waals surface area contributed by atoms with Crippen LogP contribution in [0.1, 0.15) is 25.2 Å². The first kappa shape index (κ1) is 15.9. The smallest absolute Gasteiger partial charge is 0.232 e. The molecule has 114 valence electrons. The van der Waals surface area contributed by atoms with Crippen LogP contribution in [0.3, 0.4) is 0 Å². The second-order valence-electron chi connectivity index (χ2n) is 4.46. The molecule has 8 heteroatoms. The van der Waals surface area contributed by atoms with Crippen LogP contribution in [0.15, 0.2) is 23.1 Å². The number of para-hydroxylation sites is 1. The molecule has 1 aromatic heterocycles. The Morgan fingerprint density at radius 3 is 2.48 bits per heavy atom. The Kier molecular flexibility index (Phi) is 4.36. The van der Waals surface area contributed by atoms with Crippen molar-refractivity contribution in [3.63, 3.8) is 0 Å². The summed E-state index contributed by atoms with van der Waals surface area (Å²) in [6.45, 7) is 3.50. The minimum absolute atomic E-state index is 0.0283. The number of rotatable bonds is 4. The van der Waals surface area contributed by atoms with Crippen LogP contribution in [-0.2, 0) is 22.9 Å². The van der Waals surface area contributed by atoms with Crippen molar-refractivity contribution in [1.82, 2.24) is 9.78 Å². The average molecular weight is 332 g/mol. The third-order valence-electron chi connectivity index (χ3n) is 3.10. The summed E-state index contributed by atoms with van der Waals surface area (Å²) in [6.07, 6.45) is 0.682. The third-order valence-corrected chi connectivity index (χ3v) is 4.45. The number of aromatic nitrogens is 2. The van der Waals surface area contributed by atoms with Gasteiger partial charge in [-0.25, -0.2) is 22.6 Å². The molecule has 0 saturated carbocycles. The topological polar surface area (TPSA) is 78.0 Å². The highest BCUT2D eigenvalue weighted by Gasteiger charge is 2.26. The highest BCUT2D eigenvalue weighted by Crippen LogP contribution is 2.29. The first-order valence-electron chi connectivity index (χ1n) is 6.39. The molecule has 0 amide bonds. The molecule has 2 rings (SSSR count). The molecule has 0 aliphatic rings. The van der Waals surface area contributed by atoms with E-state index in [1.165, 1.54) is 22.9 Å². The van der Waals surface area contributed by atoms with E-state index in [0.717, 1.165) is 0 Å². The van der Waals surface area contributed by atoms with Crippen molar-refractivity contribution in [2.45, 2.75) is 31.6 Å². The quantitative estimate of drug-likeness (QED) is 0.934. The van der Waals surface area contributed by atoms with Gasteiger partial charge < -0.3 is 0 Å². The van der Waals surface area contributed by atoms with E-state index in [1.807, 2.05) is 0 Å². The van der Waals surface area contributed by atoms with E-state index in [0.29, 0.717) is 24.2 Å². The van der Waals surface area contributed by atoms with Crippen LogP contribution in [0.25, 0.3) is 5.69 Å². The van der Waals surface area contributed by atoms with Crippen LogP contribution in [0.5, 0.6) is 0 Å². The maximum Gasteiger partial charge on any atom is 0.241 e. The summed E-state index contributed by atoms with van der Waals surface area (Å²) in [7, 11) is -3.95. The van der Waals surface area contributed by atoms with E-state index >= 15 is 0 Å². The van der Waals surface area contributed by atoms with E-state index < -0.39 is 15.8 Å². The number of benzene rings is 1. The number of hydrogen-bond donors (Lipinski definition) is 1. The van der Waals surface area contributed by atoms with Crippen LogP contribution >= 0.6 is 11.6 Å². The Morgan fingerprint density at radius 2 is 2.00 bits per heavy atom. The van der Waals surface area contributed by atoms with Crippen molar-refractivity contribution in [3.05, 3.63) is 40.4 Å². The average Bonchev–Trinajstić information content (AvgIpc) is 2.77. The van der Waals surface area contributed by atoms with Crippen molar-refractivity contribution < 1.29 is 12.8 Å². The second-order valence-corrected chi connectivity index (χ2v) is 6.36. The SMILES string of the molecule is CCc1nn(-c2c(F)cccc2Cl)c(CC)c1S(N)(=O)=O. The van der Waals surface area contributed by atoms with Crippen LogP contribution in [0.2, 0.25) is 5.02 Å². The fraction of sp³-hybridized carbons (Fsp3) is 0.308. The summed E-state index contributed by atoms with van der Waals surface area (Å²) in [6, 6.07) is 4.23. The Bertz CT molecular complexity index is 767. The van der Waals surface area contributed by atoms with E-state index in [1.54, 1.807) is 13.8 Å². The summed E-state index contributed by atoms with van der Waals surface area (Å²) < 4.78 is 38.9. The minimum Gasteiger partial charge on any atom is -0.232 e. The van der Waals surface area contributed by atoms with E-state index in [9.17, 15) is 12.8 Å². The zero-order valence-electron chi connectivity index (χ0n) is 11.6. The van der Waals surface area contributed by atoms with Gasteiger partial charge in [0.1, 0.15) is 16.4 Å². The molecule has 5 nitrogen and oxygen atoms in total. The molecule has 2 aromatic rings. The lowest BCUT2D eigenvalue weighted by molar-refractivity contribution is 0.594. The Morgan fingerprint density at radius 1 is 1.33 bits per heavy atom. The van der Waals surface area contributed by atoms with Crippen molar-refractivity contribution in [3.8, 4) is 5.69 Å². The molecule has 0 radical (unpaired) electrons. The fourth-order valence-corrected chi connectivity index (χ4v) is 3.55. The lowest BCUT2D eigenvalue weighted by Gasteiger charge is -2.09. The molecule has 0 aliphatic heterocycles. The maximum absolute atomic E-state index is 14.1. The molecule has 21 heavy (non-hydrogen) atoms. The Labute approximate surface area is 127 Å². The first-order chi connectivity index (χ1) is 9.81. The lowest BCUT2D eigenvalue weighted by Crippen LogP contribution is -2.16. The molecule has 0 unspecified atom stereocenters. The molecule has 2 N–H and O–H groups in total. The van der Waals surface area contributed by atoms with Crippen LogP contribution in [-0.4, -0.2) is 18.2 Å². The largest absolute Gasteiger partial charge is 0.241 e. The van der Waals surface area contributed by atoms with Crippen molar-refractivity contribution in [1.29, 1.82) is 0 Å². The van der Waals surface area contributed by atoms with Gasteiger partial charge in [0.05, 0.1) is 16.4 Å². The van der Waals surface area contributed by atoms with E-state index in [2.05, 4.69) is 5.10 Å². The summed E-state index contributed by atoms with van der Waals surface area (Å²) in [5, 5.41) is 9.61. The number of primary sulfonamides is 1.